The fourth-order valence-electron chi connectivity index (χ4n) is 2.78. The molecule has 26 heavy (non-hydrogen) atoms. The molecule has 4 rings (SSSR count). The van der Waals surface area contributed by atoms with E-state index in [1.807, 2.05) is 79.7 Å². The van der Waals surface area contributed by atoms with E-state index in [0.29, 0.717) is 17.9 Å². The van der Waals surface area contributed by atoms with E-state index < -0.39 is 0 Å². The maximum atomic E-state index is 12.3. The molecule has 1 heterocycles. The summed E-state index contributed by atoms with van der Waals surface area (Å²) < 4.78 is 5.75. The standard InChI is InChI=1S/C22H18N2O2/c1-15-6-10-17(11-7-15)22(25)23-18-12-8-16(9-13-18)14-21-24-19-4-2-3-5-20(19)26-21/h2-13H,14H2,1H3,(H,23,25). The van der Waals surface area contributed by atoms with Crippen LogP contribution in [0.4, 0.5) is 5.69 Å². The lowest BCUT2D eigenvalue weighted by molar-refractivity contribution is 0.102. The molecule has 0 spiro atoms. The van der Waals surface area contributed by atoms with Gasteiger partial charge in [-0.05, 0) is 48.9 Å². The van der Waals surface area contributed by atoms with E-state index in [2.05, 4.69) is 10.3 Å². The van der Waals surface area contributed by atoms with Gasteiger partial charge in [-0.2, -0.15) is 0 Å². The molecule has 4 aromatic rings. The van der Waals surface area contributed by atoms with Crippen molar-refractivity contribution >= 4 is 22.7 Å². The number of aromatic nitrogens is 1. The van der Waals surface area contributed by atoms with Crippen LogP contribution in [-0.4, -0.2) is 10.9 Å². The van der Waals surface area contributed by atoms with Crippen LogP contribution in [0, 0.1) is 6.92 Å². The monoisotopic (exact) mass is 342 g/mol. The minimum atomic E-state index is -0.114. The minimum Gasteiger partial charge on any atom is -0.440 e. The Balaban J connectivity index is 1.44. The highest BCUT2D eigenvalue weighted by atomic mass is 16.3. The van der Waals surface area contributed by atoms with Gasteiger partial charge in [-0.1, -0.05) is 42.0 Å². The average molecular weight is 342 g/mol. The second kappa shape index (κ2) is 6.84. The molecule has 0 bridgehead atoms. The summed E-state index contributed by atoms with van der Waals surface area (Å²) in [4.78, 5) is 16.8. The van der Waals surface area contributed by atoms with E-state index >= 15 is 0 Å². The Morgan fingerprint density at radius 3 is 2.42 bits per heavy atom. The molecule has 0 aliphatic heterocycles. The smallest absolute Gasteiger partial charge is 0.255 e. The van der Waals surface area contributed by atoms with E-state index in [1.165, 1.54) is 0 Å². The van der Waals surface area contributed by atoms with E-state index in [4.69, 9.17) is 4.42 Å². The molecule has 0 saturated heterocycles. The third kappa shape index (κ3) is 3.49. The number of nitrogens with one attached hydrogen (secondary N) is 1. The number of carbonyl (C=O) groups is 1. The second-order valence-corrected chi connectivity index (χ2v) is 6.27. The molecule has 128 valence electrons. The number of nitrogens with zero attached hydrogens (tertiary/aromatic N) is 1. The summed E-state index contributed by atoms with van der Waals surface area (Å²) in [6.07, 6.45) is 0.612. The number of amides is 1. The maximum Gasteiger partial charge on any atom is 0.255 e. The summed E-state index contributed by atoms with van der Waals surface area (Å²) in [7, 11) is 0. The molecule has 1 amide bonds. The second-order valence-electron chi connectivity index (χ2n) is 6.27. The molecular formula is C22H18N2O2. The van der Waals surface area contributed by atoms with Crippen LogP contribution in [0.25, 0.3) is 11.1 Å². The number of anilines is 1. The van der Waals surface area contributed by atoms with Gasteiger partial charge >= 0.3 is 0 Å². The molecule has 0 fully saturated rings. The molecular weight excluding hydrogens is 324 g/mol. The Morgan fingerprint density at radius 2 is 1.69 bits per heavy atom. The molecule has 0 unspecified atom stereocenters. The number of oxazole rings is 1. The molecule has 1 N–H and O–H groups in total. The lowest BCUT2D eigenvalue weighted by Gasteiger charge is -2.06. The maximum absolute atomic E-state index is 12.3. The van der Waals surface area contributed by atoms with Crippen LogP contribution in [0.1, 0.15) is 27.4 Å². The van der Waals surface area contributed by atoms with Crippen molar-refractivity contribution in [2.45, 2.75) is 13.3 Å². The van der Waals surface area contributed by atoms with Gasteiger partial charge in [0.2, 0.25) is 0 Å². The van der Waals surface area contributed by atoms with E-state index in [0.717, 1.165) is 27.9 Å². The number of rotatable bonds is 4. The van der Waals surface area contributed by atoms with Gasteiger partial charge < -0.3 is 9.73 Å². The molecule has 0 aliphatic rings. The quantitative estimate of drug-likeness (QED) is 0.569. The lowest BCUT2D eigenvalue weighted by atomic mass is 10.1. The number of fused-ring (bicyclic) bond motifs is 1. The largest absolute Gasteiger partial charge is 0.440 e. The summed E-state index contributed by atoms with van der Waals surface area (Å²) in [5.74, 6) is 0.569. The fourth-order valence-corrected chi connectivity index (χ4v) is 2.78. The van der Waals surface area contributed by atoms with E-state index in [-0.39, 0.29) is 5.91 Å². The first-order valence-electron chi connectivity index (χ1n) is 8.49. The number of carbonyl (C=O) groups excluding carboxylic acids is 1. The van der Waals surface area contributed by atoms with Gasteiger partial charge in [0.1, 0.15) is 5.52 Å². The Morgan fingerprint density at radius 1 is 0.962 bits per heavy atom. The van der Waals surface area contributed by atoms with Gasteiger partial charge in [-0.25, -0.2) is 4.98 Å². The zero-order valence-corrected chi connectivity index (χ0v) is 14.4. The molecule has 1 aromatic heterocycles. The van der Waals surface area contributed by atoms with Crippen LogP contribution in [0.15, 0.2) is 77.2 Å². The molecule has 4 heteroatoms. The van der Waals surface area contributed by atoms with Gasteiger partial charge in [0, 0.05) is 17.7 Å². The van der Waals surface area contributed by atoms with Crippen molar-refractivity contribution in [3.63, 3.8) is 0 Å². The van der Waals surface area contributed by atoms with Crippen LogP contribution in [0.3, 0.4) is 0 Å². The highest BCUT2D eigenvalue weighted by Gasteiger charge is 2.08. The van der Waals surface area contributed by atoms with E-state index in [1.54, 1.807) is 0 Å². The van der Waals surface area contributed by atoms with Crippen molar-refractivity contribution in [2.75, 3.05) is 5.32 Å². The van der Waals surface area contributed by atoms with Crippen molar-refractivity contribution in [2.24, 2.45) is 0 Å². The van der Waals surface area contributed by atoms with Gasteiger partial charge in [0.25, 0.3) is 5.91 Å². The Bertz CT molecular complexity index is 1010. The summed E-state index contributed by atoms with van der Waals surface area (Å²) in [6.45, 7) is 2.00. The third-order valence-corrected chi connectivity index (χ3v) is 4.22. The normalized spacial score (nSPS) is 10.8. The summed E-state index contributed by atoms with van der Waals surface area (Å²) in [5.41, 5.74) is 5.27. The van der Waals surface area contributed by atoms with Crippen molar-refractivity contribution in [3.8, 4) is 0 Å². The number of para-hydroxylation sites is 2. The van der Waals surface area contributed by atoms with Gasteiger partial charge in [0.15, 0.2) is 11.5 Å². The third-order valence-electron chi connectivity index (χ3n) is 4.22. The van der Waals surface area contributed by atoms with E-state index in [9.17, 15) is 4.79 Å². The van der Waals surface area contributed by atoms with Crippen LogP contribution < -0.4 is 5.32 Å². The summed E-state index contributed by atoms with van der Waals surface area (Å²) in [6, 6.07) is 23.0. The summed E-state index contributed by atoms with van der Waals surface area (Å²) in [5, 5.41) is 2.91. The van der Waals surface area contributed by atoms with Crippen LogP contribution in [0.2, 0.25) is 0 Å². The molecule has 0 radical (unpaired) electrons. The Hall–Kier alpha value is -3.40. The Kier molecular flexibility index (Phi) is 4.23. The molecule has 0 atom stereocenters. The highest BCUT2D eigenvalue weighted by Crippen LogP contribution is 2.19. The number of hydrogen-bond acceptors (Lipinski definition) is 3. The van der Waals surface area contributed by atoms with Crippen LogP contribution in [-0.2, 0) is 6.42 Å². The number of benzene rings is 3. The topological polar surface area (TPSA) is 55.1 Å². The highest BCUT2D eigenvalue weighted by molar-refractivity contribution is 6.04. The van der Waals surface area contributed by atoms with Gasteiger partial charge in [0.05, 0.1) is 0 Å². The zero-order valence-electron chi connectivity index (χ0n) is 14.4. The van der Waals surface area contributed by atoms with Crippen LogP contribution >= 0.6 is 0 Å². The summed E-state index contributed by atoms with van der Waals surface area (Å²) >= 11 is 0. The fraction of sp³-hybridized carbons (Fsp3) is 0.0909. The number of hydrogen-bond donors (Lipinski definition) is 1. The molecule has 4 nitrogen and oxygen atoms in total. The Labute approximate surface area is 151 Å². The van der Waals surface area contributed by atoms with Gasteiger partial charge in [-0.15, -0.1) is 0 Å². The van der Waals surface area contributed by atoms with Gasteiger partial charge in [-0.3, -0.25) is 4.79 Å². The predicted octanol–water partition coefficient (Wildman–Crippen LogP) is 4.98. The molecule has 0 saturated carbocycles. The first kappa shape index (κ1) is 16.1. The lowest BCUT2D eigenvalue weighted by Crippen LogP contribution is -2.11. The first-order valence-corrected chi connectivity index (χ1v) is 8.49. The molecule has 0 aliphatic carbocycles. The predicted molar refractivity (Wildman–Crippen MR) is 102 cm³/mol. The minimum absolute atomic E-state index is 0.114. The average Bonchev–Trinajstić information content (AvgIpc) is 3.06. The zero-order chi connectivity index (χ0) is 17.9. The van der Waals surface area contributed by atoms with Crippen LogP contribution in [0.5, 0.6) is 0 Å². The van der Waals surface area contributed by atoms with Crippen molar-refractivity contribution in [1.29, 1.82) is 0 Å². The first-order chi connectivity index (χ1) is 12.7. The van der Waals surface area contributed by atoms with Crippen molar-refractivity contribution in [1.82, 2.24) is 4.98 Å². The van der Waals surface area contributed by atoms with Crippen molar-refractivity contribution < 1.29 is 9.21 Å². The molecule has 3 aromatic carbocycles. The number of aryl methyl sites for hydroxylation is 1. The van der Waals surface area contributed by atoms with Crippen molar-refractivity contribution in [3.05, 3.63) is 95.4 Å². The SMILES string of the molecule is Cc1ccc(C(=O)Nc2ccc(Cc3nc4ccccc4o3)cc2)cc1.